The summed E-state index contributed by atoms with van der Waals surface area (Å²) in [6.45, 7) is 4.07. The minimum absolute atomic E-state index is 0.0150. The predicted molar refractivity (Wildman–Crippen MR) is 76.4 cm³/mol. The molecule has 9 heteroatoms. The Morgan fingerprint density at radius 2 is 1.85 bits per heavy atom. The van der Waals surface area contributed by atoms with Crippen LogP contribution < -0.4 is 0 Å². The Labute approximate surface area is 121 Å². The Balaban J connectivity index is 2.02. The Kier molecular flexibility index (Phi) is 4.60. The Bertz CT molecular complexity index is 464. The van der Waals surface area contributed by atoms with Crippen LogP contribution in [-0.2, 0) is 10.0 Å². The quantitative estimate of drug-likeness (QED) is 0.655. The second kappa shape index (κ2) is 5.91. The second-order valence-corrected chi connectivity index (χ2v) is 7.47. The molecule has 0 spiro atoms. The SMILES string of the molecule is [B]N1CCC(N2CCN(N(C)S(=O)(=O)CC)C2=O)CC1. The molecule has 2 fully saturated rings. The smallest absolute Gasteiger partial charge is 0.335 e. The van der Waals surface area contributed by atoms with Gasteiger partial charge in [-0.3, -0.25) is 0 Å². The lowest BCUT2D eigenvalue weighted by molar-refractivity contribution is 0.113. The maximum atomic E-state index is 12.4. The molecule has 0 aromatic rings. The summed E-state index contributed by atoms with van der Waals surface area (Å²) < 4.78 is 24.8. The van der Waals surface area contributed by atoms with Crippen molar-refractivity contribution in [3.63, 3.8) is 0 Å². The van der Waals surface area contributed by atoms with Gasteiger partial charge in [-0.2, -0.15) is 0 Å². The molecule has 0 unspecified atom stereocenters. The molecule has 0 aromatic heterocycles. The van der Waals surface area contributed by atoms with Crippen molar-refractivity contribution in [3.8, 4) is 0 Å². The molecular formula is C11H21BN4O3S. The molecule has 0 atom stereocenters. The standard InChI is InChI=1S/C11H21BN4O3S/c1-3-20(18,19)13(2)16-9-8-15(11(16)17)10-4-6-14(12)7-5-10/h10H,3-9H2,1-2H3. The van der Waals surface area contributed by atoms with Gasteiger partial charge in [0.2, 0.25) is 10.0 Å². The van der Waals surface area contributed by atoms with Crippen molar-refractivity contribution in [1.29, 1.82) is 0 Å². The van der Waals surface area contributed by atoms with Crippen LogP contribution in [0.5, 0.6) is 0 Å². The molecular weight excluding hydrogens is 279 g/mol. The van der Waals surface area contributed by atoms with E-state index in [0.29, 0.717) is 13.1 Å². The van der Waals surface area contributed by atoms with E-state index >= 15 is 0 Å². The van der Waals surface area contributed by atoms with Gasteiger partial charge >= 0.3 is 6.03 Å². The highest BCUT2D eigenvalue weighted by atomic mass is 32.2. The average Bonchev–Trinajstić information content (AvgIpc) is 2.80. The van der Waals surface area contributed by atoms with Gasteiger partial charge in [0, 0.05) is 19.6 Å². The maximum Gasteiger partial charge on any atom is 0.335 e. The van der Waals surface area contributed by atoms with Crippen LogP contribution in [0.1, 0.15) is 19.8 Å². The van der Waals surface area contributed by atoms with Crippen molar-refractivity contribution < 1.29 is 13.2 Å². The molecule has 7 nitrogen and oxygen atoms in total. The molecule has 0 aliphatic carbocycles. The first-order valence-corrected chi connectivity index (χ1v) is 8.52. The van der Waals surface area contributed by atoms with E-state index in [1.54, 1.807) is 16.6 Å². The zero-order valence-corrected chi connectivity index (χ0v) is 12.8. The number of carbonyl (C=O) groups excluding carboxylic acids is 1. The summed E-state index contributed by atoms with van der Waals surface area (Å²) in [5.74, 6) is -0.0150. The number of hydrazine groups is 1. The molecule has 0 N–H and O–H groups in total. The van der Waals surface area contributed by atoms with E-state index in [4.69, 9.17) is 7.98 Å². The van der Waals surface area contributed by atoms with Gasteiger partial charge in [0.25, 0.3) is 0 Å². The third-order valence-electron chi connectivity index (χ3n) is 4.07. The predicted octanol–water partition coefficient (Wildman–Crippen LogP) is -0.532. The zero-order chi connectivity index (χ0) is 14.9. The highest BCUT2D eigenvalue weighted by molar-refractivity contribution is 7.88. The molecule has 2 heterocycles. The third kappa shape index (κ3) is 2.94. The fraction of sp³-hybridized carbons (Fsp3) is 0.909. The Hall–Kier alpha value is -0.795. The molecule has 2 aliphatic heterocycles. The summed E-state index contributed by atoms with van der Waals surface area (Å²) in [5.41, 5.74) is 0. The number of piperidine rings is 1. The lowest BCUT2D eigenvalue weighted by Gasteiger charge is -2.35. The minimum Gasteiger partial charge on any atom is -0.353 e. The summed E-state index contributed by atoms with van der Waals surface area (Å²) >= 11 is 0. The first kappa shape index (κ1) is 15.6. The van der Waals surface area contributed by atoms with Crippen molar-refractivity contribution in [2.75, 3.05) is 39.0 Å². The molecule has 2 aliphatic rings. The van der Waals surface area contributed by atoms with Gasteiger partial charge in [-0.25, -0.2) is 18.2 Å². The van der Waals surface area contributed by atoms with E-state index in [9.17, 15) is 13.2 Å². The number of carbonyl (C=O) groups is 1. The van der Waals surface area contributed by atoms with Gasteiger partial charge < -0.3 is 9.71 Å². The second-order valence-electron chi connectivity index (χ2n) is 5.20. The number of hydrogen-bond donors (Lipinski definition) is 0. The van der Waals surface area contributed by atoms with Crippen molar-refractivity contribution in [2.24, 2.45) is 0 Å². The van der Waals surface area contributed by atoms with E-state index in [1.165, 1.54) is 12.1 Å². The Morgan fingerprint density at radius 3 is 2.40 bits per heavy atom. The Morgan fingerprint density at radius 1 is 1.25 bits per heavy atom. The van der Waals surface area contributed by atoms with Crippen LogP contribution >= 0.6 is 0 Å². The maximum absolute atomic E-state index is 12.4. The third-order valence-corrected chi connectivity index (χ3v) is 5.80. The number of amides is 2. The van der Waals surface area contributed by atoms with Gasteiger partial charge in [0.1, 0.15) is 0 Å². The van der Waals surface area contributed by atoms with Crippen LogP contribution in [0, 0.1) is 0 Å². The van der Waals surface area contributed by atoms with Gasteiger partial charge in [0.15, 0.2) is 7.98 Å². The molecule has 2 saturated heterocycles. The topological polar surface area (TPSA) is 64.2 Å². The molecule has 2 rings (SSSR count). The van der Waals surface area contributed by atoms with Crippen molar-refractivity contribution >= 4 is 24.0 Å². The lowest BCUT2D eigenvalue weighted by Crippen LogP contribution is -2.50. The van der Waals surface area contributed by atoms with Gasteiger partial charge in [-0.05, 0) is 32.9 Å². The van der Waals surface area contributed by atoms with Crippen molar-refractivity contribution in [3.05, 3.63) is 0 Å². The molecule has 20 heavy (non-hydrogen) atoms. The summed E-state index contributed by atoms with van der Waals surface area (Å²) in [6, 6.07) is -0.0648. The molecule has 2 radical (unpaired) electrons. The van der Waals surface area contributed by atoms with Crippen LogP contribution in [0.25, 0.3) is 0 Å². The highest BCUT2D eigenvalue weighted by Crippen LogP contribution is 2.22. The van der Waals surface area contributed by atoms with Gasteiger partial charge in [-0.15, -0.1) is 4.41 Å². The van der Waals surface area contributed by atoms with Crippen LogP contribution in [0.15, 0.2) is 0 Å². The number of sulfonamides is 1. The fourth-order valence-electron chi connectivity index (χ4n) is 2.68. The summed E-state index contributed by atoms with van der Waals surface area (Å²) in [5, 5.41) is 1.31. The molecule has 0 aromatic carbocycles. The van der Waals surface area contributed by atoms with Crippen LogP contribution in [0.2, 0.25) is 0 Å². The normalized spacial score (nSPS) is 23.1. The zero-order valence-electron chi connectivity index (χ0n) is 12.0. The molecule has 0 saturated carbocycles. The average molecular weight is 300 g/mol. The fourth-order valence-corrected chi connectivity index (χ4v) is 3.50. The highest BCUT2D eigenvalue weighted by Gasteiger charge is 2.39. The van der Waals surface area contributed by atoms with Gasteiger partial charge in [0.05, 0.1) is 12.3 Å². The largest absolute Gasteiger partial charge is 0.353 e. The molecule has 2 amide bonds. The first-order chi connectivity index (χ1) is 9.36. The molecule has 0 bridgehead atoms. The lowest BCUT2D eigenvalue weighted by atomic mass is 10.0. The van der Waals surface area contributed by atoms with Crippen molar-refractivity contribution in [2.45, 2.75) is 25.8 Å². The van der Waals surface area contributed by atoms with Crippen LogP contribution in [0.4, 0.5) is 4.79 Å². The minimum atomic E-state index is -3.39. The van der Waals surface area contributed by atoms with Crippen LogP contribution in [0.3, 0.4) is 0 Å². The molecule has 112 valence electrons. The number of rotatable bonds is 4. The van der Waals surface area contributed by atoms with E-state index in [-0.39, 0.29) is 17.8 Å². The first-order valence-electron chi connectivity index (χ1n) is 6.91. The number of urea groups is 1. The van der Waals surface area contributed by atoms with Crippen molar-refractivity contribution in [1.82, 2.24) is 19.1 Å². The van der Waals surface area contributed by atoms with E-state index in [2.05, 4.69) is 0 Å². The van der Waals surface area contributed by atoms with E-state index < -0.39 is 10.0 Å². The van der Waals surface area contributed by atoms with E-state index in [1.807, 2.05) is 0 Å². The summed E-state index contributed by atoms with van der Waals surface area (Å²) in [4.78, 5) is 15.9. The monoisotopic (exact) mass is 300 g/mol. The summed E-state index contributed by atoms with van der Waals surface area (Å²) in [6.07, 6.45) is 1.67. The van der Waals surface area contributed by atoms with Gasteiger partial charge in [-0.1, -0.05) is 0 Å². The number of nitrogens with zero attached hydrogens (tertiary/aromatic N) is 4. The summed E-state index contributed by atoms with van der Waals surface area (Å²) in [7, 11) is 3.75. The van der Waals surface area contributed by atoms with Crippen LogP contribution in [-0.4, -0.2) is 86.6 Å². The number of hydrogen-bond acceptors (Lipinski definition) is 4. The van der Waals surface area contributed by atoms with E-state index in [0.717, 1.165) is 30.3 Å².